The number of carbonyl (C=O) groups excluding carboxylic acids is 2. The third kappa shape index (κ3) is 5.46. The van der Waals surface area contributed by atoms with E-state index in [0.29, 0.717) is 44.0 Å². The molecule has 2 N–H and O–H groups in total. The Kier molecular flexibility index (Phi) is 6.95. The highest BCUT2D eigenvalue weighted by molar-refractivity contribution is 14.1. The van der Waals surface area contributed by atoms with Gasteiger partial charge in [0.25, 0.3) is 5.91 Å². The number of aromatic nitrogens is 1. The molecule has 31 heavy (non-hydrogen) atoms. The normalized spacial score (nSPS) is 18.1. The molecule has 1 atom stereocenters. The van der Waals surface area contributed by atoms with E-state index < -0.39 is 5.92 Å². The molecule has 8 heteroatoms. The fourth-order valence-electron chi connectivity index (χ4n) is 4.00. The van der Waals surface area contributed by atoms with Crippen LogP contribution in [0.2, 0.25) is 0 Å². The van der Waals surface area contributed by atoms with Gasteiger partial charge in [0.15, 0.2) is 5.69 Å². The van der Waals surface area contributed by atoms with Crippen LogP contribution in [0, 0.1) is 16.4 Å². The molecule has 1 aliphatic carbocycles. The lowest BCUT2D eigenvalue weighted by molar-refractivity contribution is -0.137. The second kappa shape index (κ2) is 9.68. The van der Waals surface area contributed by atoms with Crippen LogP contribution >= 0.6 is 22.6 Å². The Morgan fingerprint density at radius 3 is 2.65 bits per heavy atom. The van der Waals surface area contributed by atoms with Crippen LogP contribution in [0.4, 0.5) is 0 Å². The Labute approximate surface area is 195 Å². The molecule has 2 amide bonds. The Balaban J connectivity index is 1.27. The lowest BCUT2D eigenvalue weighted by Gasteiger charge is -2.34. The number of likely N-dealkylation sites (tertiary alicyclic amines) is 1. The lowest BCUT2D eigenvalue weighted by Crippen LogP contribution is -2.48. The first-order chi connectivity index (χ1) is 14.9. The summed E-state index contributed by atoms with van der Waals surface area (Å²) in [5.74, 6) is 0.534. The first-order valence-electron chi connectivity index (χ1n) is 10.9. The largest absolute Gasteiger partial charge is 0.396 e. The predicted octanol–water partition coefficient (Wildman–Crippen LogP) is 3.04. The number of nitrogens with one attached hydrogen (secondary N) is 1. The number of rotatable bonds is 7. The Morgan fingerprint density at radius 2 is 2.00 bits per heavy atom. The van der Waals surface area contributed by atoms with Crippen molar-refractivity contribution in [1.82, 2.24) is 15.4 Å². The van der Waals surface area contributed by atoms with Crippen LogP contribution in [0.1, 0.15) is 59.0 Å². The van der Waals surface area contributed by atoms with Crippen molar-refractivity contribution in [2.75, 3.05) is 19.7 Å². The van der Waals surface area contributed by atoms with Crippen LogP contribution in [0.25, 0.3) is 0 Å². The zero-order valence-electron chi connectivity index (χ0n) is 17.6. The fourth-order valence-corrected chi connectivity index (χ4v) is 4.58. The summed E-state index contributed by atoms with van der Waals surface area (Å²) in [5, 5.41) is 16.7. The smallest absolute Gasteiger partial charge is 0.273 e. The molecule has 1 aromatic carbocycles. The summed E-state index contributed by atoms with van der Waals surface area (Å²) in [6.07, 6.45) is 4.09. The first kappa shape index (κ1) is 22.3. The summed E-state index contributed by atoms with van der Waals surface area (Å²) >= 11 is 2.29. The van der Waals surface area contributed by atoms with Crippen molar-refractivity contribution in [3.8, 4) is 0 Å². The number of piperidine rings is 1. The minimum atomic E-state index is -0.444. The molecule has 166 valence electrons. The van der Waals surface area contributed by atoms with Crippen LogP contribution in [0.15, 0.2) is 28.8 Å². The Bertz CT molecular complexity index is 948. The lowest BCUT2D eigenvalue weighted by atomic mass is 9.96. The number of aliphatic hydroxyl groups excluding tert-OH is 1. The van der Waals surface area contributed by atoms with Gasteiger partial charge in [0.2, 0.25) is 5.91 Å². The van der Waals surface area contributed by atoms with E-state index in [4.69, 9.17) is 4.52 Å². The summed E-state index contributed by atoms with van der Waals surface area (Å²) < 4.78 is 6.42. The molecule has 2 aliphatic rings. The van der Waals surface area contributed by atoms with Gasteiger partial charge in [0.1, 0.15) is 5.76 Å². The molecular weight excluding hydrogens is 509 g/mol. The van der Waals surface area contributed by atoms with Gasteiger partial charge >= 0.3 is 0 Å². The maximum atomic E-state index is 13.0. The van der Waals surface area contributed by atoms with Crippen LogP contribution in [-0.2, 0) is 11.2 Å². The molecule has 1 saturated carbocycles. The zero-order chi connectivity index (χ0) is 22.0. The van der Waals surface area contributed by atoms with Crippen molar-refractivity contribution in [2.45, 2.75) is 51.0 Å². The number of aryl methyl sites for hydroxylation is 1. The predicted molar refractivity (Wildman–Crippen MR) is 124 cm³/mol. The summed E-state index contributed by atoms with van der Waals surface area (Å²) in [6, 6.07) is 7.89. The summed E-state index contributed by atoms with van der Waals surface area (Å²) in [5.41, 5.74) is 2.59. The van der Waals surface area contributed by atoms with Gasteiger partial charge in [-0.15, -0.1) is 0 Å². The van der Waals surface area contributed by atoms with E-state index >= 15 is 0 Å². The third-order valence-electron chi connectivity index (χ3n) is 6.17. The van der Waals surface area contributed by atoms with Crippen LogP contribution < -0.4 is 5.32 Å². The summed E-state index contributed by atoms with van der Waals surface area (Å²) in [6.45, 7) is 3.02. The van der Waals surface area contributed by atoms with E-state index in [-0.39, 0.29) is 24.5 Å². The molecule has 0 radical (unpaired) electrons. The molecule has 2 aromatic rings. The number of amides is 2. The van der Waals surface area contributed by atoms with E-state index in [1.54, 1.807) is 6.07 Å². The van der Waals surface area contributed by atoms with Gasteiger partial charge < -0.3 is 19.8 Å². The van der Waals surface area contributed by atoms with Crippen molar-refractivity contribution in [3.05, 3.63) is 50.4 Å². The van der Waals surface area contributed by atoms with Crippen molar-refractivity contribution in [1.29, 1.82) is 0 Å². The van der Waals surface area contributed by atoms with Gasteiger partial charge in [-0.1, -0.05) is 17.3 Å². The monoisotopic (exact) mass is 537 g/mol. The number of halogens is 1. The van der Waals surface area contributed by atoms with E-state index in [2.05, 4.69) is 46.1 Å². The maximum absolute atomic E-state index is 13.0. The molecule has 0 spiro atoms. The van der Waals surface area contributed by atoms with E-state index in [0.717, 1.165) is 27.7 Å². The van der Waals surface area contributed by atoms with Gasteiger partial charge in [-0.3, -0.25) is 9.59 Å². The summed E-state index contributed by atoms with van der Waals surface area (Å²) in [4.78, 5) is 27.2. The number of carbonyl (C=O) groups is 2. The Morgan fingerprint density at radius 1 is 1.26 bits per heavy atom. The van der Waals surface area contributed by atoms with Gasteiger partial charge in [-0.25, -0.2) is 0 Å². The number of aliphatic hydroxyl groups is 1. The van der Waals surface area contributed by atoms with Crippen molar-refractivity contribution < 1.29 is 19.2 Å². The minimum Gasteiger partial charge on any atom is -0.396 e. The van der Waals surface area contributed by atoms with E-state index in [1.165, 1.54) is 5.56 Å². The van der Waals surface area contributed by atoms with Crippen molar-refractivity contribution in [3.63, 3.8) is 0 Å². The molecule has 2 heterocycles. The van der Waals surface area contributed by atoms with Crippen LogP contribution in [0.5, 0.6) is 0 Å². The second-order valence-corrected chi connectivity index (χ2v) is 9.79. The molecule has 1 aliphatic heterocycles. The molecule has 7 nitrogen and oxygen atoms in total. The number of benzene rings is 1. The third-order valence-corrected chi connectivity index (χ3v) is 7.33. The average molecular weight is 537 g/mol. The second-order valence-electron chi connectivity index (χ2n) is 8.63. The number of hydrogen-bond donors (Lipinski definition) is 2. The van der Waals surface area contributed by atoms with E-state index in [1.807, 2.05) is 17.0 Å². The van der Waals surface area contributed by atoms with Crippen LogP contribution in [-0.4, -0.2) is 52.7 Å². The first-order valence-corrected chi connectivity index (χ1v) is 11.9. The van der Waals surface area contributed by atoms with Crippen molar-refractivity contribution >= 4 is 34.4 Å². The molecule has 1 saturated heterocycles. The van der Waals surface area contributed by atoms with Gasteiger partial charge in [-0.05, 0) is 78.8 Å². The molecule has 1 aromatic heterocycles. The van der Waals surface area contributed by atoms with Gasteiger partial charge in [0, 0.05) is 34.7 Å². The quantitative estimate of drug-likeness (QED) is 0.530. The molecule has 0 bridgehead atoms. The Hall–Kier alpha value is -1.94. The van der Waals surface area contributed by atoms with Crippen molar-refractivity contribution in [2.24, 2.45) is 5.92 Å². The maximum Gasteiger partial charge on any atom is 0.273 e. The molecule has 2 fully saturated rings. The highest BCUT2D eigenvalue weighted by Gasteiger charge is 2.31. The molecule has 0 unspecified atom stereocenters. The van der Waals surface area contributed by atoms with Gasteiger partial charge in [-0.2, -0.15) is 0 Å². The van der Waals surface area contributed by atoms with Crippen LogP contribution in [0.3, 0.4) is 0 Å². The molecule has 4 rings (SSSR count). The number of hydrogen-bond acceptors (Lipinski definition) is 5. The minimum absolute atomic E-state index is 0.00359. The molecular formula is C23H28IN3O4. The van der Waals surface area contributed by atoms with Gasteiger partial charge in [0.05, 0.1) is 12.5 Å². The fraction of sp³-hybridized carbons (Fsp3) is 0.522. The SMILES string of the molecule is Cc1ccc(C[C@H](CO)C(=O)N2CCC(NC(=O)c3cc(C4CC4)on3)CC2)cc1I. The van der Waals surface area contributed by atoms with E-state index in [9.17, 15) is 14.7 Å². The standard InChI is InChI=1S/C23H28IN3O4/c1-14-2-3-15(11-19(14)24)10-17(13-28)23(30)27-8-6-18(7-9-27)25-22(29)20-12-21(31-26-20)16-4-5-16/h2-3,11-12,16-18,28H,4-10,13H2,1H3,(H,25,29)/t17-/m1/s1. The highest BCUT2D eigenvalue weighted by Crippen LogP contribution is 2.40. The summed E-state index contributed by atoms with van der Waals surface area (Å²) in [7, 11) is 0. The zero-order valence-corrected chi connectivity index (χ0v) is 19.8. The highest BCUT2D eigenvalue weighted by atomic mass is 127. The topological polar surface area (TPSA) is 95.7 Å². The number of nitrogens with zero attached hydrogens (tertiary/aromatic N) is 2. The average Bonchev–Trinajstić information content (AvgIpc) is 3.50.